The zero-order chi connectivity index (χ0) is 14.0. The van der Waals surface area contributed by atoms with Crippen molar-refractivity contribution in [3.8, 4) is 0 Å². The molecule has 0 aliphatic heterocycles. The maximum atomic E-state index is 12.5. The van der Waals surface area contributed by atoms with Crippen molar-refractivity contribution in [3.63, 3.8) is 0 Å². The number of rotatable bonds is 2. The van der Waals surface area contributed by atoms with Crippen molar-refractivity contribution in [2.24, 2.45) is 5.92 Å². The van der Waals surface area contributed by atoms with Crippen LogP contribution in [0.25, 0.3) is 0 Å². The molecular formula is C13H14Cl2F3N. The van der Waals surface area contributed by atoms with Crippen molar-refractivity contribution in [1.29, 1.82) is 0 Å². The molecule has 1 aliphatic carbocycles. The molecule has 19 heavy (non-hydrogen) atoms. The van der Waals surface area contributed by atoms with E-state index in [1.807, 2.05) is 0 Å². The minimum absolute atomic E-state index is 0.0656. The summed E-state index contributed by atoms with van der Waals surface area (Å²) < 4.78 is 37.6. The Morgan fingerprint density at radius 1 is 1.00 bits per heavy atom. The fraction of sp³-hybridized carbons (Fsp3) is 0.538. The second-order valence-electron chi connectivity index (χ2n) is 4.86. The molecule has 0 saturated heterocycles. The molecule has 0 radical (unpaired) electrons. The average Bonchev–Trinajstić information content (AvgIpc) is 2.33. The predicted octanol–water partition coefficient (Wildman–Crippen LogP) is 5.53. The van der Waals surface area contributed by atoms with Crippen molar-refractivity contribution in [1.82, 2.24) is 0 Å². The standard InChI is InChI=1S/C13H14Cl2F3N/c14-11-6-5-10(7-12(11)15)19-9-3-1-8(2-4-9)13(16,17)18/h5-9,19H,1-4H2. The zero-order valence-electron chi connectivity index (χ0n) is 10.1. The monoisotopic (exact) mass is 311 g/mol. The molecule has 1 N–H and O–H groups in total. The minimum atomic E-state index is -4.06. The van der Waals surface area contributed by atoms with E-state index in [0.29, 0.717) is 22.9 Å². The molecule has 0 heterocycles. The second kappa shape index (κ2) is 5.80. The van der Waals surface area contributed by atoms with Gasteiger partial charge in [-0.15, -0.1) is 0 Å². The number of nitrogens with one attached hydrogen (secondary N) is 1. The number of halogens is 5. The summed E-state index contributed by atoms with van der Waals surface area (Å²) in [5, 5.41) is 4.12. The maximum Gasteiger partial charge on any atom is 0.391 e. The van der Waals surface area contributed by atoms with Crippen molar-refractivity contribution in [3.05, 3.63) is 28.2 Å². The van der Waals surface area contributed by atoms with Gasteiger partial charge in [-0.1, -0.05) is 23.2 Å². The number of hydrogen-bond donors (Lipinski definition) is 1. The molecule has 0 spiro atoms. The Hall–Kier alpha value is -0.610. The summed E-state index contributed by atoms with van der Waals surface area (Å²) in [6.07, 6.45) is -2.66. The van der Waals surface area contributed by atoms with Gasteiger partial charge in [-0.3, -0.25) is 0 Å². The van der Waals surface area contributed by atoms with Crippen molar-refractivity contribution in [2.45, 2.75) is 37.9 Å². The summed E-state index contributed by atoms with van der Waals surface area (Å²) in [5.74, 6) is -1.15. The number of hydrogen-bond acceptors (Lipinski definition) is 1. The fourth-order valence-corrected chi connectivity index (χ4v) is 2.68. The predicted molar refractivity (Wildman–Crippen MR) is 71.9 cm³/mol. The fourth-order valence-electron chi connectivity index (χ4n) is 2.39. The van der Waals surface area contributed by atoms with E-state index >= 15 is 0 Å². The highest BCUT2D eigenvalue weighted by Crippen LogP contribution is 2.38. The third-order valence-electron chi connectivity index (χ3n) is 3.48. The van der Waals surface area contributed by atoms with Crippen LogP contribution in [0.3, 0.4) is 0 Å². The zero-order valence-corrected chi connectivity index (χ0v) is 11.6. The van der Waals surface area contributed by atoms with Gasteiger partial charge in [0.25, 0.3) is 0 Å². The normalized spacial score (nSPS) is 24.3. The summed E-state index contributed by atoms with van der Waals surface area (Å²) in [7, 11) is 0. The van der Waals surface area contributed by atoms with E-state index in [0.717, 1.165) is 5.69 Å². The quantitative estimate of drug-likeness (QED) is 0.757. The lowest BCUT2D eigenvalue weighted by Crippen LogP contribution is -2.32. The molecule has 1 saturated carbocycles. The highest BCUT2D eigenvalue weighted by molar-refractivity contribution is 6.42. The van der Waals surface area contributed by atoms with Crippen LogP contribution in [0.15, 0.2) is 18.2 Å². The SMILES string of the molecule is FC(F)(F)C1CCC(Nc2ccc(Cl)c(Cl)c2)CC1. The Balaban J connectivity index is 1.90. The molecule has 6 heteroatoms. The first kappa shape index (κ1) is 14.8. The molecule has 0 bridgehead atoms. The second-order valence-corrected chi connectivity index (χ2v) is 5.68. The van der Waals surface area contributed by atoms with Gasteiger partial charge in [-0.05, 0) is 43.9 Å². The molecule has 0 unspecified atom stereocenters. The molecule has 0 amide bonds. The van der Waals surface area contributed by atoms with Crippen LogP contribution in [-0.2, 0) is 0 Å². The first-order chi connectivity index (χ1) is 8.86. The molecule has 1 nitrogen and oxygen atoms in total. The van der Waals surface area contributed by atoms with Gasteiger partial charge in [0.05, 0.1) is 16.0 Å². The van der Waals surface area contributed by atoms with Crippen LogP contribution in [0.2, 0.25) is 10.0 Å². The lowest BCUT2D eigenvalue weighted by atomic mass is 9.85. The largest absolute Gasteiger partial charge is 0.391 e. The van der Waals surface area contributed by atoms with Crippen LogP contribution in [0, 0.1) is 5.92 Å². The Labute approximate surface area is 120 Å². The molecule has 0 aromatic heterocycles. The summed E-state index contributed by atoms with van der Waals surface area (Å²) in [4.78, 5) is 0. The Morgan fingerprint density at radius 3 is 2.16 bits per heavy atom. The highest BCUT2D eigenvalue weighted by Gasteiger charge is 2.41. The van der Waals surface area contributed by atoms with E-state index in [4.69, 9.17) is 23.2 Å². The lowest BCUT2D eigenvalue weighted by molar-refractivity contribution is -0.182. The van der Waals surface area contributed by atoms with Crippen LogP contribution in [-0.4, -0.2) is 12.2 Å². The van der Waals surface area contributed by atoms with Crippen LogP contribution < -0.4 is 5.32 Å². The third kappa shape index (κ3) is 3.93. The summed E-state index contributed by atoms with van der Waals surface area (Å²) in [6.45, 7) is 0. The molecule has 1 aliphatic rings. The van der Waals surface area contributed by atoms with Gasteiger partial charge >= 0.3 is 6.18 Å². The highest BCUT2D eigenvalue weighted by atomic mass is 35.5. The smallest absolute Gasteiger partial charge is 0.382 e. The first-order valence-corrected chi connectivity index (χ1v) is 6.90. The van der Waals surface area contributed by atoms with E-state index in [1.54, 1.807) is 18.2 Å². The van der Waals surface area contributed by atoms with Crippen LogP contribution in [0.1, 0.15) is 25.7 Å². The van der Waals surface area contributed by atoms with E-state index in [2.05, 4.69) is 5.32 Å². The van der Waals surface area contributed by atoms with Crippen molar-refractivity contribution < 1.29 is 13.2 Å². The van der Waals surface area contributed by atoms with Gasteiger partial charge in [0.2, 0.25) is 0 Å². The molecular weight excluding hydrogens is 298 g/mol. The third-order valence-corrected chi connectivity index (χ3v) is 4.22. The molecule has 106 valence electrons. The van der Waals surface area contributed by atoms with Gasteiger partial charge in [0.1, 0.15) is 0 Å². The van der Waals surface area contributed by atoms with E-state index in [1.165, 1.54) is 0 Å². The Bertz CT molecular complexity index is 440. The van der Waals surface area contributed by atoms with Gasteiger partial charge in [0, 0.05) is 11.7 Å². The van der Waals surface area contributed by atoms with Gasteiger partial charge in [-0.2, -0.15) is 13.2 Å². The molecule has 1 aromatic rings. The maximum absolute atomic E-state index is 12.5. The Kier molecular flexibility index (Phi) is 4.51. The minimum Gasteiger partial charge on any atom is -0.382 e. The number of benzene rings is 1. The first-order valence-electron chi connectivity index (χ1n) is 6.14. The van der Waals surface area contributed by atoms with Gasteiger partial charge in [-0.25, -0.2) is 0 Å². The Morgan fingerprint density at radius 2 is 1.63 bits per heavy atom. The van der Waals surface area contributed by atoms with Crippen LogP contribution in [0.5, 0.6) is 0 Å². The van der Waals surface area contributed by atoms with Crippen LogP contribution >= 0.6 is 23.2 Å². The lowest BCUT2D eigenvalue weighted by Gasteiger charge is -2.30. The molecule has 1 aromatic carbocycles. The summed E-state index contributed by atoms with van der Waals surface area (Å²) >= 11 is 11.7. The molecule has 0 atom stereocenters. The van der Waals surface area contributed by atoms with E-state index < -0.39 is 12.1 Å². The number of anilines is 1. The van der Waals surface area contributed by atoms with Crippen molar-refractivity contribution >= 4 is 28.9 Å². The van der Waals surface area contributed by atoms with Gasteiger partial charge < -0.3 is 5.32 Å². The topological polar surface area (TPSA) is 12.0 Å². The summed E-state index contributed by atoms with van der Waals surface area (Å²) in [5.41, 5.74) is 0.796. The average molecular weight is 312 g/mol. The van der Waals surface area contributed by atoms with Crippen LogP contribution in [0.4, 0.5) is 18.9 Å². The molecule has 1 fully saturated rings. The summed E-state index contributed by atoms with van der Waals surface area (Å²) in [6, 6.07) is 5.22. The van der Waals surface area contributed by atoms with E-state index in [-0.39, 0.29) is 18.9 Å². The van der Waals surface area contributed by atoms with Gasteiger partial charge in [0.15, 0.2) is 0 Å². The van der Waals surface area contributed by atoms with Crippen molar-refractivity contribution in [2.75, 3.05) is 5.32 Å². The number of alkyl halides is 3. The van der Waals surface area contributed by atoms with E-state index in [9.17, 15) is 13.2 Å². The molecule has 2 rings (SSSR count).